The third-order valence-electron chi connectivity index (χ3n) is 6.81. The molecule has 1 aliphatic rings. The lowest BCUT2D eigenvalue weighted by Gasteiger charge is -2.38. The molecule has 0 unspecified atom stereocenters. The summed E-state index contributed by atoms with van der Waals surface area (Å²) in [5.41, 5.74) is 2.71. The zero-order valence-electron chi connectivity index (χ0n) is 20.2. The van der Waals surface area contributed by atoms with E-state index in [2.05, 4.69) is 13.8 Å². The molecule has 1 aliphatic carbocycles. The summed E-state index contributed by atoms with van der Waals surface area (Å²) in [6, 6.07) is 11.7. The topological polar surface area (TPSA) is 20.2 Å². The van der Waals surface area contributed by atoms with Gasteiger partial charge in [-0.3, -0.25) is 0 Å². The summed E-state index contributed by atoms with van der Waals surface area (Å²) >= 11 is 0. The van der Waals surface area contributed by atoms with E-state index in [0.29, 0.717) is 35.1 Å². The Labute approximate surface area is 202 Å². The zero-order valence-corrected chi connectivity index (χ0v) is 20.2. The second-order valence-corrected chi connectivity index (χ2v) is 10.5. The first-order valence-corrected chi connectivity index (χ1v) is 11.7. The molecule has 0 spiro atoms. The van der Waals surface area contributed by atoms with Gasteiger partial charge in [0.1, 0.15) is 5.82 Å². The van der Waals surface area contributed by atoms with Gasteiger partial charge in [-0.2, -0.15) is 13.2 Å². The normalized spacial score (nSPS) is 18.4. The van der Waals surface area contributed by atoms with Crippen LogP contribution in [0.3, 0.4) is 0 Å². The highest BCUT2D eigenvalue weighted by Crippen LogP contribution is 2.50. The molecule has 2 atom stereocenters. The fourth-order valence-electron chi connectivity index (χ4n) is 5.22. The maximum atomic E-state index is 16.4. The first-order chi connectivity index (χ1) is 16.3. The predicted molar refractivity (Wildman–Crippen MR) is 127 cm³/mol. The molecule has 0 amide bonds. The first-order valence-electron chi connectivity index (χ1n) is 11.7. The Kier molecular flexibility index (Phi) is 6.56. The van der Waals surface area contributed by atoms with Crippen molar-refractivity contribution in [3.8, 4) is 11.1 Å². The quantitative estimate of drug-likeness (QED) is 0.364. The Morgan fingerprint density at radius 1 is 0.971 bits per heavy atom. The smallest absolute Gasteiger partial charge is 0.388 e. The number of hydrogen-bond donors (Lipinski definition) is 1. The molecule has 4 rings (SSSR count). The van der Waals surface area contributed by atoms with Gasteiger partial charge >= 0.3 is 6.18 Å². The molecular formula is C29H29F5O. The van der Waals surface area contributed by atoms with Gasteiger partial charge in [-0.1, -0.05) is 58.0 Å². The van der Waals surface area contributed by atoms with Crippen LogP contribution in [-0.2, 0) is 12.6 Å². The van der Waals surface area contributed by atoms with Crippen LogP contribution in [0.15, 0.2) is 54.6 Å². The highest BCUT2D eigenvalue weighted by atomic mass is 19.4. The van der Waals surface area contributed by atoms with Crippen molar-refractivity contribution in [2.24, 2.45) is 5.41 Å². The summed E-state index contributed by atoms with van der Waals surface area (Å²) in [5.74, 6) is -0.533. The van der Waals surface area contributed by atoms with E-state index >= 15 is 4.39 Å². The molecule has 35 heavy (non-hydrogen) atoms. The van der Waals surface area contributed by atoms with E-state index in [1.54, 1.807) is 12.1 Å². The van der Waals surface area contributed by atoms with Crippen LogP contribution < -0.4 is 0 Å². The summed E-state index contributed by atoms with van der Waals surface area (Å²) in [6.07, 6.45) is -5.94. The summed E-state index contributed by atoms with van der Waals surface area (Å²) in [4.78, 5) is 0. The Morgan fingerprint density at radius 3 is 2.11 bits per heavy atom. The minimum Gasteiger partial charge on any atom is -0.388 e. The van der Waals surface area contributed by atoms with Gasteiger partial charge in [-0.05, 0) is 81.8 Å². The van der Waals surface area contributed by atoms with E-state index in [1.807, 2.05) is 19.9 Å². The largest absolute Gasteiger partial charge is 0.416 e. The van der Waals surface area contributed by atoms with Crippen LogP contribution in [0.25, 0.3) is 11.1 Å². The van der Waals surface area contributed by atoms with E-state index in [9.17, 15) is 22.7 Å². The summed E-state index contributed by atoms with van der Waals surface area (Å²) in [7, 11) is 0. The molecule has 6 heteroatoms. The molecule has 0 heterocycles. The van der Waals surface area contributed by atoms with E-state index < -0.39 is 29.8 Å². The lowest BCUT2D eigenvalue weighted by Crippen LogP contribution is -2.27. The average Bonchev–Trinajstić information content (AvgIpc) is 2.76. The van der Waals surface area contributed by atoms with Gasteiger partial charge in [0.25, 0.3) is 0 Å². The third kappa shape index (κ3) is 4.99. The molecule has 0 bridgehead atoms. The standard InChI is InChI=1S/C29H29F5O/c1-16(2)22-13-19-14-28(3,4)15-23(35)24(19)25(17-7-11-21(30)12-8-17)26(22)27(31)18-5-9-20(10-6-18)29(32,33)34/h5-13,16,23,27,35H,14-15H2,1-4H3/t23-,27-/m0/s1. The molecule has 0 aromatic heterocycles. The minimum absolute atomic E-state index is 0.0915. The van der Waals surface area contributed by atoms with Crippen LogP contribution >= 0.6 is 0 Å². The van der Waals surface area contributed by atoms with Crippen molar-refractivity contribution in [2.75, 3.05) is 0 Å². The SMILES string of the molecule is CC(C)c1cc2c(c(-c3ccc(F)cc3)c1[C@@H](F)c1ccc(C(F)(F)F)cc1)[C@@H](O)CC(C)(C)C2. The van der Waals surface area contributed by atoms with Crippen molar-refractivity contribution in [3.63, 3.8) is 0 Å². The Morgan fingerprint density at radius 2 is 1.57 bits per heavy atom. The lowest BCUT2D eigenvalue weighted by atomic mass is 9.68. The van der Waals surface area contributed by atoms with Crippen molar-refractivity contribution in [1.29, 1.82) is 0 Å². The van der Waals surface area contributed by atoms with Crippen LogP contribution in [0.5, 0.6) is 0 Å². The first kappa shape index (κ1) is 25.4. The van der Waals surface area contributed by atoms with Gasteiger partial charge in [-0.25, -0.2) is 8.78 Å². The Balaban J connectivity index is 2.00. The van der Waals surface area contributed by atoms with Crippen molar-refractivity contribution < 1.29 is 27.1 Å². The molecule has 3 aromatic rings. The van der Waals surface area contributed by atoms with Gasteiger partial charge in [0, 0.05) is 5.56 Å². The van der Waals surface area contributed by atoms with Crippen LogP contribution in [0, 0.1) is 11.2 Å². The van der Waals surface area contributed by atoms with E-state index in [4.69, 9.17) is 0 Å². The maximum Gasteiger partial charge on any atom is 0.416 e. The van der Waals surface area contributed by atoms with Crippen LogP contribution in [0.4, 0.5) is 22.0 Å². The predicted octanol–water partition coefficient (Wildman–Crippen LogP) is 8.70. The Bertz CT molecular complexity index is 1210. The van der Waals surface area contributed by atoms with Crippen molar-refractivity contribution in [2.45, 2.75) is 64.9 Å². The fraction of sp³-hybridized carbons (Fsp3) is 0.379. The van der Waals surface area contributed by atoms with Crippen LogP contribution in [-0.4, -0.2) is 5.11 Å². The second-order valence-electron chi connectivity index (χ2n) is 10.5. The highest BCUT2D eigenvalue weighted by molar-refractivity contribution is 5.76. The number of hydrogen-bond acceptors (Lipinski definition) is 1. The molecule has 186 valence electrons. The summed E-state index contributed by atoms with van der Waals surface area (Å²) in [5, 5.41) is 11.2. The fourth-order valence-corrected chi connectivity index (χ4v) is 5.22. The van der Waals surface area contributed by atoms with Gasteiger partial charge in [0.05, 0.1) is 11.7 Å². The van der Waals surface area contributed by atoms with E-state index in [-0.39, 0.29) is 16.9 Å². The van der Waals surface area contributed by atoms with E-state index in [1.165, 1.54) is 12.1 Å². The number of aliphatic hydroxyl groups excluding tert-OH is 1. The number of halogens is 5. The molecule has 1 N–H and O–H groups in total. The third-order valence-corrected chi connectivity index (χ3v) is 6.81. The molecule has 1 nitrogen and oxygen atoms in total. The maximum absolute atomic E-state index is 16.4. The highest BCUT2D eigenvalue weighted by Gasteiger charge is 2.37. The van der Waals surface area contributed by atoms with Gasteiger partial charge < -0.3 is 5.11 Å². The number of fused-ring (bicyclic) bond motifs is 1. The lowest BCUT2D eigenvalue weighted by molar-refractivity contribution is -0.137. The molecule has 0 saturated carbocycles. The average molecular weight is 489 g/mol. The molecule has 0 aliphatic heterocycles. The van der Waals surface area contributed by atoms with Gasteiger partial charge in [0.15, 0.2) is 6.17 Å². The molecule has 0 radical (unpaired) electrons. The number of rotatable bonds is 4. The summed E-state index contributed by atoms with van der Waals surface area (Å²) in [6.45, 7) is 8.01. The van der Waals surface area contributed by atoms with Crippen LogP contribution in [0.1, 0.15) is 85.7 Å². The number of aliphatic hydroxyl groups is 1. The number of alkyl halides is 4. The van der Waals surface area contributed by atoms with Crippen molar-refractivity contribution in [1.82, 2.24) is 0 Å². The number of benzene rings is 3. The second kappa shape index (κ2) is 9.05. The van der Waals surface area contributed by atoms with Crippen LogP contribution in [0.2, 0.25) is 0 Å². The zero-order chi connectivity index (χ0) is 25.7. The van der Waals surface area contributed by atoms with Gasteiger partial charge in [-0.15, -0.1) is 0 Å². The molecular weight excluding hydrogens is 459 g/mol. The monoisotopic (exact) mass is 488 g/mol. The van der Waals surface area contributed by atoms with E-state index in [0.717, 1.165) is 35.4 Å². The summed E-state index contributed by atoms with van der Waals surface area (Å²) < 4.78 is 69.3. The molecule has 0 fully saturated rings. The minimum atomic E-state index is -4.52. The van der Waals surface area contributed by atoms with Gasteiger partial charge in [0.2, 0.25) is 0 Å². The molecule has 0 saturated heterocycles. The van der Waals surface area contributed by atoms with Crippen molar-refractivity contribution >= 4 is 0 Å². The Hall–Kier alpha value is -2.73. The molecule has 3 aromatic carbocycles. The van der Waals surface area contributed by atoms with Crippen molar-refractivity contribution in [3.05, 3.63) is 93.8 Å².